The van der Waals surface area contributed by atoms with Crippen LogP contribution in [0.15, 0.2) is 30.3 Å². The number of carbonyl (C=O) groups excluding carboxylic acids is 2. The van der Waals surface area contributed by atoms with Crippen LogP contribution in [0.5, 0.6) is 0 Å². The Bertz CT molecular complexity index is 532. The van der Waals surface area contributed by atoms with Crippen molar-refractivity contribution >= 4 is 11.8 Å². The van der Waals surface area contributed by atoms with Gasteiger partial charge >= 0.3 is 0 Å². The number of rotatable bonds is 3. The van der Waals surface area contributed by atoms with Crippen molar-refractivity contribution < 1.29 is 9.59 Å². The van der Waals surface area contributed by atoms with Gasteiger partial charge in [-0.3, -0.25) is 9.59 Å². The first kappa shape index (κ1) is 14.1. The van der Waals surface area contributed by atoms with E-state index in [0.717, 1.165) is 19.6 Å². The van der Waals surface area contributed by atoms with E-state index in [0.29, 0.717) is 17.4 Å². The molecular weight excluding hydrogens is 266 g/mol. The van der Waals surface area contributed by atoms with E-state index in [9.17, 15) is 9.59 Å². The second-order valence-electron chi connectivity index (χ2n) is 5.92. The zero-order valence-corrected chi connectivity index (χ0v) is 12.2. The lowest BCUT2D eigenvalue weighted by Gasteiger charge is -2.24. The Labute approximate surface area is 124 Å². The number of hydrogen-bond acceptors (Lipinski definition) is 3. The number of benzene rings is 1. The third-order valence-corrected chi connectivity index (χ3v) is 4.69. The Hall–Kier alpha value is -1.88. The summed E-state index contributed by atoms with van der Waals surface area (Å²) >= 11 is 0. The van der Waals surface area contributed by atoms with Gasteiger partial charge in [0.05, 0.1) is 6.54 Å². The normalized spacial score (nSPS) is 27.5. The average molecular weight is 287 g/mol. The number of nitrogens with one attached hydrogen (secondary N) is 2. The zero-order chi connectivity index (χ0) is 14.8. The fraction of sp³-hybridized carbons (Fsp3) is 0.500. The van der Waals surface area contributed by atoms with E-state index in [2.05, 4.69) is 17.6 Å². The molecule has 5 heteroatoms. The van der Waals surface area contributed by atoms with Gasteiger partial charge in [-0.2, -0.15) is 0 Å². The molecule has 0 radical (unpaired) electrons. The van der Waals surface area contributed by atoms with Gasteiger partial charge in [0.15, 0.2) is 0 Å². The van der Waals surface area contributed by atoms with Gasteiger partial charge in [0, 0.05) is 31.2 Å². The summed E-state index contributed by atoms with van der Waals surface area (Å²) in [7, 11) is 0. The highest BCUT2D eigenvalue weighted by molar-refractivity contribution is 5.96. The molecule has 2 aliphatic rings. The second kappa shape index (κ2) is 5.85. The average Bonchev–Trinajstić information content (AvgIpc) is 3.09. The molecule has 0 aromatic heterocycles. The summed E-state index contributed by atoms with van der Waals surface area (Å²) in [5.41, 5.74) is 0.584. The van der Waals surface area contributed by atoms with Crippen molar-refractivity contribution in [3.05, 3.63) is 35.9 Å². The number of likely N-dealkylation sites (tertiary alicyclic amines) is 1. The standard InChI is InChI=1S/C16H21N3O2/c1-11-14-8-17-7-13(14)10-19(11)15(20)9-18-16(21)12-5-3-2-4-6-12/h2-6,11,13-14,17H,7-10H2,1H3,(H,18,21). The monoisotopic (exact) mass is 287 g/mol. The number of nitrogens with zero attached hydrogens (tertiary/aromatic N) is 1. The van der Waals surface area contributed by atoms with Gasteiger partial charge in [0.1, 0.15) is 0 Å². The van der Waals surface area contributed by atoms with Crippen molar-refractivity contribution in [2.75, 3.05) is 26.2 Å². The first-order valence-corrected chi connectivity index (χ1v) is 7.50. The number of carbonyl (C=O) groups is 2. The number of amides is 2. The summed E-state index contributed by atoms with van der Waals surface area (Å²) in [5, 5.41) is 6.09. The first-order chi connectivity index (χ1) is 10.2. The minimum Gasteiger partial charge on any atom is -0.343 e. The lowest BCUT2D eigenvalue weighted by Crippen LogP contribution is -2.43. The van der Waals surface area contributed by atoms with Gasteiger partial charge in [0.2, 0.25) is 5.91 Å². The third-order valence-electron chi connectivity index (χ3n) is 4.69. The van der Waals surface area contributed by atoms with E-state index in [1.165, 1.54) is 0 Å². The summed E-state index contributed by atoms with van der Waals surface area (Å²) in [6.07, 6.45) is 0. The molecule has 2 saturated heterocycles. The van der Waals surface area contributed by atoms with E-state index in [-0.39, 0.29) is 24.4 Å². The minimum atomic E-state index is -0.197. The van der Waals surface area contributed by atoms with Crippen LogP contribution >= 0.6 is 0 Å². The van der Waals surface area contributed by atoms with Crippen LogP contribution in [0.2, 0.25) is 0 Å². The molecule has 21 heavy (non-hydrogen) atoms. The molecule has 0 bridgehead atoms. The van der Waals surface area contributed by atoms with Gasteiger partial charge in [-0.05, 0) is 30.9 Å². The summed E-state index contributed by atoms with van der Waals surface area (Å²) in [4.78, 5) is 26.2. The van der Waals surface area contributed by atoms with Crippen molar-refractivity contribution in [2.24, 2.45) is 11.8 Å². The Morgan fingerprint density at radius 3 is 2.76 bits per heavy atom. The maximum absolute atomic E-state index is 12.3. The van der Waals surface area contributed by atoms with Crippen LogP contribution in [0.1, 0.15) is 17.3 Å². The van der Waals surface area contributed by atoms with E-state index >= 15 is 0 Å². The largest absolute Gasteiger partial charge is 0.343 e. The molecule has 0 aliphatic carbocycles. The van der Waals surface area contributed by atoms with Crippen LogP contribution in [0.4, 0.5) is 0 Å². The van der Waals surface area contributed by atoms with Crippen LogP contribution in [-0.4, -0.2) is 48.9 Å². The van der Waals surface area contributed by atoms with Crippen molar-refractivity contribution in [1.82, 2.24) is 15.5 Å². The van der Waals surface area contributed by atoms with Crippen LogP contribution in [-0.2, 0) is 4.79 Å². The minimum absolute atomic E-state index is 0.0150. The van der Waals surface area contributed by atoms with Gasteiger partial charge in [-0.25, -0.2) is 0 Å². The second-order valence-corrected chi connectivity index (χ2v) is 5.92. The lowest BCUT2D eigenvalue weighted by atomic mass is 9.95. The topological polar surface area (TPSA) is 61.4 Å². The molecule has 2 fully saturated rings. The van der Waals surface area contributed by atoms with Crippen molar-refractivity contribution in [2.45, 2.75) is 13.0 Å². The van der Waals surface area contributed by atoms with E-state index in [1.807, 2.05) is 23.1 Å². The molecule has 2 heterocycles. The maximum Gasteiger partial charge on any atom is 0.251 e. The molecule has 2 amide bonds. The summed E-state index contributed by atoms with van der Waals surface area (Å²) in [6.45, 7) is 4.97. The Morgan fingerprint density at radius 1 is 1.29 bits per heavy atom. The summed E-state index contributed by atoms with van der Waals surface area (Å²) in [5.74, 6) is 0.936. The quantitative estimate of drug-likeness (QED) is 0.850. The molecule has 0 spiro atoms. The van der Waals surface area contributed by atoms with Crippen molar-refractivity contribution in [1.29, 1.82) is 0 Å². The van der Waals surface area contributed by atoms with Gasteiger partial charge in [0.25, 0.3) is 5.91 Å². The number of fused-ring (bicyclic) bond motifs is 1. The fourth-order valence-corrected chi connectivity index (χ4v) is 3.45. The van der Waals surface area contributed by atoms with Gasteiger partial charge in [-0.1, -0.05) is 18.2 Å². The molecule has 3 unspecified atom stereocenters. The predicted molar refractivity (Wildman–Crippen MR) is 79.8 cm³/mol. The molecule has 5 nitrogen and oxygen atoms in total. The zero-order valence-electron chi connectivity index (χ0n) is 12.2. The van der Waals surface area contributed by atoms with Crippen LogP contribution in [0.3, 0.4) is 0 Å². The van der Waals surface area contributed by atoms with Gasteiger partial charge in [-0.15, -0.1) is 0 Å². The molecule has 112 valence electrons. The highest BCUT2D eigenvalue weighted by Gasteiger charge is 2.43. The van der Waals surface area contributed by atoms with Crippen molar-refractivity contribution in [3.63, 3.8) is 0 Å². The first-order valence-electron chi connectivity index (χ1n) is 7.50. The van der Waals surface area contributed by atoms with E-state index in [4.69, 9.17) is 0 Å². The van der Waals surface area contributed by atoms with Crippen molar-refractivity contribution in [3.8, 4) is 0 Å². The number of hydrogen-bond donors (Lipinski definition) is 2. The predicted octanol–water partition coefficient (Wildman–Crippen LogP) is 0.483. The van der Waals surface area contributed by atoms with E-state index in [1.54, 1.807) is 12.1 Å². The Morgan fingerprint density at radius 2 is 2.05 bits per heavy atom. The molecule has 0 saturated carbocycles. The molecule has 2 aliphatic heterocycles. The third kappa shape index (κ3) is 2.78. The molecule has 3 atom stereocenters. The molecule has 1 aromatic carbocycles. The lowest BCUT2D eigenvalue weighted by molar-refractivity contribution is -0.131. The smallest absolute Gasteiger partial charge is 0.251 e. The van der Waals surface area contributed by atoms with Crippen LogP contribution in [0.25, 0.3) is 0 Å². The molecule has 3 rings (SSSR count). The SMILES string of the molecule is CC1C2CNCC2CN1C(=O)CNC(=O)c1ccccc1. The molecular formula is C16H21N3O2. The highest BCUT2D eigenvalue weighted by atomic mass is 16.2. The van der Waals surface area contributed by atoms with Gasteiger partial charge < -0.3 is 15.5 Å². The Kier molecular flexibility index (Phi) is 3.92. The fourth-order valence-electron chi connectivity index (χ4n) is 3.45. The van der Waals surface area contributed by atoms with E-state index < -0.39 is 0 Å². The maximum atomic E-state index is 12.3. The molecule has 1 aromatic rings. The highest BCUT2D eigenvalue weighted by Crippen LogP contribution is 2.32. The van der Waals surface area contributed by atoms with Crippen LogP contribution < -0.4 is 10.6 Å². The summed E-state index contributed by atoms with van der Waals surface area (Å²) in [6, 6.07) is 9.23. The molecule has 2 N–H and O–H groups in total. The summed E-state index contributed by atoms with van der Waals surface area (Å²) < 4.78 is 0. The Balaban J connectivity index is 1.54. The van der Waals surface area contributed by atoms with Crippen LogP contribution in [0, 0.1) is 11.8 Å².